The fourth-order valence-electron chi connectivity index (χ4n) is 2.47. The molecular weight excluding hydrogens is 294 g/mol. The number of carboxylic acids is 1. The number of aryl methyl sites for hydroxylation is 1. The predicted octanol–water partition coefficient (Wildman–Crippen LogP) is 2.87. The van der Waals surface area contributed by atoms with Crippen LogP contribution in [0.15, 0.2) is 42.7 Å². The summed E-state index contributed by atoms with van der Waals surface area (Å²) in [5, 5.41) is 22.6. The van der Waals surface area contributed by atoms with E-state index in [2.05, 4.69) is 15.3 Å². The van der Waals surface area contributed by atoms with E-state index in [9.17, 15) is 9.90 Å². The zero-order valence-electron chi connectivity index (χ0n) is 12.4. The molecule has 0 aliphatic rings. The Hall–Kier alpha value is -2.99. The average molecular weight is 309 g/mol. The van der Waals surface area contributed by atoms with E-state index in [1.807, 2.05) is 31.2 Å². The van der Waals surface area contributed by atoms with Gasteiger partial charge in [-0.25, -0.2) is 4.79 Å². The lowest BCUT2D eigenvalue weighted by Crippen LogP contribution is -2.00. The molecule has 6 nitrogen and oxygen atoms in total. The summed E-state index contributed by atoms with van der Waals surface area (Å²) < 4.78 is 0. The Morgan fingerprint density at radius 1 is 1.26 bits per heavy atom. The van der Waals surface area contributed by atoms with Crippen LogP contribution in [0.1, 0.15) is 21.6 Å². The van der Waals surface area contributed by atoms with Crippen LogP contribution in [0.3, 0.4) is 0 Å². The van der Waals surface area contributed by atoms with Crippen LogP contribution in [-0.2, 0) is 6.61 Å². The monoisotopic (exact) mass is 309 g/mol. The van der Waals surface area contributed by atoms with Crippen molar-refractivity contribution in [2.24, 2.45) is 0 Å². The molecule has 0 aliphatic heterocycles. The molecule has 2 aromatic heterocycles. The van der Waals surface area contributed by atoms with Gasteiger partial charge in [0.25, 0.3) is 0 Å². The van der Waals surface area contributed by atoms with Gasteiger partial charge in [0.2, 0.25) is 0 Å². The largest absolute Gasteiger partial charge is 0.478 e. The molecule has 0 unspecified atom stereocenters. The molecule has 3 N–H and O–H groups in total. The minimum Gasteiger partial charge on any atom is -0.478 e. The second-order valence-electron chi connectivity index (χ2n) is 5.18. The van der Waals surface area contributed by atoms with Crippen LogP contribution < -0.4 is 5.32 Å². The van der Waals surface area contributed by atoms with Crippen LogP contribution in [0.2, 0.25) is 0 Å². The summed E-state index contributed by atoms with van der Waals surface area (Å²) in [7, 11) is 0. The number of benzene rings is 1. The maximum Gasteiger partial charge on any atom is 0.337 e. The van der Waals surface area contributed by atoms with Crippen LogP contribution in [-0.4, -0.2) is 26.2 Å². The maximum atomic E-state index is 11.0. The van der Waals surface area contributed by atoms with Gasteiger partial charge in [-0.2, -0.15) is 0 Å². The minimum absolute atomic E-state index is 0.0701. The van der Waals surface area contributed by atoms with E-state index >= 15 is 0 Å². The second-order valence-corrected chi connectivity index (χ2v) is 5.18. The van der Waals surface area contributed by atoms with Gasteiger partial charge < -0.3 is 15.5 Å². The zero-order chi connectivity index (χ0) is 16.4. The van der Waals surface area contributed by atoms with Gasteiger partial charge in [-0.1, -0.05) is 12.1 Å². The Morgan fingerprint density at radius 2 is 2.09 bits per heavy atom. The van der Waals surface area contributed by atoms with Gasteiger partial charge in [-0.15, -0.1) is 0 Å². The number of hydrogen-bond acceptors (Lipinski definition) is 5. The molecule has 2 heterocycles. The highest BCUT2D eigenvalue weighted by Crippen LogP contribution is 2.28. The summed E-state index contributed by atoms with van der Waals surface area (Å²) in [6, 6.07) is 8.96. The first kappa shape index (κ1) is 14.9. The number of hydrogen-bond donors (Lipinski definition) is 3. The molecular formula is C17H15N3O3. The molecule has 23 heavy (non-hydrogen) atoms. The first-order valence-electron chi connectivity index (χ1n) is 7.04. The number of aliphatic hydroxyl groups excluding tert-OH is 1. The van der Waals surface area contributed by atoms with E-state index in [1.165, 1.54) is 12.3 Å². The van der Waals surface area contributed by atoms with Crippen molar-refractivity contribution >= 4 is 28.2 Å². The summed E-state index contributed by atoms with van der Waals surface area (Å²) in [4.78, 5) is 19.5. The molecule has 0 radical (unpaired) electrons. The molecule has 3 aromatic rings. The first-order valence-corrected chi connectivity index (χ1v) is 7.04. The fraction of sp³-hybridized carbons (Fsp3) is 0.118. The van der Waals surface area contributed by atoms with Crippen LogP contribution >= 0.6 is 0 Å². The van der Waals surface area contributed by atoms with Crippen molar-refractivity contribution < 1.29 is 15.0 Å². The number of aromatic nitrogens is 2. The van der Waals surface area contributed by atoms with Gasteiger partial charge in [0, 0.05) is 17.3 Å². The van der Waals surface area contributed by atoms with Crippen molar-refractivity contribution in [2.45, 2.75) is 13.5 Å². The number of carboxylic acid groups (broad SMARTS) is 1. The van der Waals surface area contributed by atoms with Gasteiger partial charge in [0.1, 0.15) is 0 Å². The average Bonchev–Trinajstić information content (AvgIpc) is 2.55. The van der Waals surface area contributed by atoms with Gasteiger partial charge in [0.05, 0.1) is 35.3 Å². The van der Waals surface area contributed by atoms with Crippen LogP contribution in [0.5, 0.6) is 0 Å². The molecule has 0 saturated heterocycles. The highest BCUT2D eigenvalue weighted by atomic mass is 16.4. The van der Waals surface area contributed by atoms with Crippen LogP contribution in [0, 0.1) is 6.92 Å². The van der Waals surface area contributed by atoms with Crippen molar-refractivity contribution in [3.05, 3.63) is 59.5 Å². The second kappa shape index (κ2) is 6.02. The molecule has 0 aliphatic carbocycles. The molecule has 116 valence electrons. The Labute approximate surface area is 132 Å². The van der Waals surface area contributed by atoms with Crippen molar-refractivity contribution in [1.29, 1.82) is 0 Å². The van der Waals surface area contributed by atoms with E-state index < -0.39 is 5.97 Å². The van der Waals surface area contributed by atoms with Crippen molar-refractivity contribution in [2.75, 3.05) is 5.32 Å². The number of nitrogens with one attached hydrogen (secondary N) is 1. The molecule has 0 bridgehead atoms. The number of pyridine rings is 2. The van der Waals surface area contributed by atoms with E-state index in [1.54, 1.807) is 6.20 Å². The molecule has 1 aromatic carbocycles. The van der Waals surface area contributed by atoms with E-state index in [4.69, 9.17) is 5.11 Å². The number of anilines is 2. The number of rotatable bonds is 4. The smallest absolute Gasteiger partial charge is 0.337 e. The van der Waals surface area contributed by atoms with E-state index in [0.29, 0.717) is 5.69 Å². The normalized spacial score (nSPS) is 10.7. The van der Waals surface area contributed by atoms with Crippen LogP contribution in [0.4, 0.5) is 11.4 Å². The first-order chi connectivity index (χ1) is 11.1. The third-order valence-corrected chi connectivity index (χ3v) is 3.49. The maximum absolute atomic E-state index is 11.0. The quantitative estimate of drug-likeness (QED) is 0.686. The van der Waals surface area contributed by atoms with Gasteiger partial charge in [0.15, 0.2) is 0 Å². The fourth-order valence-corrected chi connectivity index (χ4v) is 2.47. The van der Waals surface area contributed by atoms with Gasteiger partial charge >= 0.3 is 5.97 Å². The number of carbonyl (C=O) groups is 1. The number of aromatic carboxylic acids is 1. The van der Waals surface area contributed by atoms with Gasteiger partial charge in [-0.05, 0) is 30.7 Å². The molecule has 0 spiro atoms. The lowest BCUT2D eigenvalue weighted by Gasteiger charge is -2.12. The predicted molar refractivity (Wildman–Crippen MR) is 86.9 cm³/mol. The zero-order valence-corrected chi connectivity index (χ0v) is 12.4. The molecule has 0 saturated carbocycles. The Kier molecular flexibility index (Phi) is 3.91. The Bertz CT molecular complexity index is 893. The number of fused-ring (bicyclic) bond motifs is 1. The summed E-state index contributed by atoms with van der Waals surface area (Å²) in [5.74, 6) is -1.03. The topological polar surface area (TPSA) is 95.3 Å². The summed E-state index contributed by atoms with van der Waals surface area (Å²) in [6.07, 6.45) is 2.84. The molecule has 3 rings (SSSR count). The van der Waals surface area contributed by atoms with Crippen LogP contribution in [0.25, 0.3) is 10.9 Å². The van der Waals surface area contributed by atoms with E-state index in [0.717, 1.165) is 27.8 Å². The summed E-state index contributed by atoms with van der Waals surface area (Å²) in [5.41, 5.74) is 3.71. The molecule has 0 fully saturated rings. The summed E-state index contributed by atoms with van der Waals surface area (Å²) >= 11 is 0. The van der Waals surface area contributed by atoms with Crippen molar-refractivity contribution in [3.63, 3.8) is 0 Å². The number of nitrogens with zero attached hydrogens (tertiary/aromatic N) is 2. The third-order valence-electron chi connectivity index (χ3n) is 3.49. The lowest BCUT2D eigenvalue weighted by atomic mass is 10.1. The standard InChI is InChI=1S/C17H15N3O3/c1-10-5-12(9-21)14-3-2-4-15(16(14)19-10)20-13-6-11(17(22)23)7-18-8-13/h2-8,20-21H,9H2,1H3,(H,22,23). The Morgan fingerprint density at radius 3 is 2.83 bits per heavy atom. The van der Waals surface area contributed by atoms with Crippen molar-refractivity contribution in [1.82, 2.24) is 9.97 Å². The number of aliphatic hydroxyl groups is 1. The molecule has 6 heteroatoms. The third kappa shape index (κ3) is 2.97. The Balaban J connectivity index is 2.08. The lowest BCUT2D eigenvalue weighted by molar-refractivity contribution is 0.0696. The highest BCUT2D eigenvalue weighted by molar-refractivity contribution is 5.95. The van der Waals surface area contributed by atoms with E-state index in [-0.39, 0.29) is 12.2 Å². The minimum atomic E-state index is -1.03. The summed E-state index contributed by atoms with van der Waals surface area (Å²) in [6.45, 7) is 1.79. The molecule has 0 atom stereocenters. The highest BCUT2D eigenvalue weighted by Gasteiger charge is 2.09. The SMILES string of the molecule is Cc1cc(CO)c2cccc(Nc3cncc(C(=O)O)c3)c2n1. The number of para-hydroxylation sites is 1. The van der Waals surface area contributed by atoms with Gasteiger partial charge in [-0.3, -0.25) is 9.97 Å². The van der Waals surface area contributed by atoms with Crippen molar-refractivity contribution in [3.8, 4) is 0 Å². The molecule has 0 amide bonds.